The molecule has 0 bridgehead atoms. The van der Waals surface area contributed by atoms with Crippen LogP contribution >= 0.6 is 11.8 Å². The topological polar surface area (TPSA) is 32.3 Å². The molecule has 0 aliphatic carbocycles. The van der Waals surface area contributed by atoms with Crippen LogP contribution in [-0.4, -0.2) is 25.5 Å². The van der Waals surface area contributed by atoms with Crippen LogP contribution in [0.1, 0.15) is 17.2 Å². The number of carbonyl (C=O) groups excluding carboxylic acids is 1. The van der Waals surface area contributed by atoms with E-state index < -0.39 is 0 Å². The molecule has 1 saturated heterocycles. The third-order valence-electron chi connectivity index (χ3n) is 5.31. The number of para-hydroxylation sites is 1. The molecule has 2 unspecified atom stereocenters. The average Bonchev–Trinajstić information content (AvgIpc) is 3.27. The highest BCUT2D eigenvalue weighted by Crippen LogP contribution is 2.35. The Morgan fingerprint density at radius 2 is 1.55 bits per heavy atom. The molecule has 1 N–H and O–H groups in total. The molecule has 4 heteroatoms. The Labute approximate surface area is 177 Å². The van der Waals surface area contributed by atoms with Gasteiger partial charge in [0.2, 0.25) is 5.91 Å². The molecule has 1 aliphatic rings. The fraction of sp³-hybridized carbons (Fsp3) is 0.240. The summed E-state index contributed by atoms with van der Waals surface area (Å²) in [5, 5.41) is 2.98. The molecular formula is C25H26N2OS. The van der Waals surface area contributed by atoms with Crippen LogP contribution < -0.4 is 10.2 Å². The molecule has 1 aliphatic heterocycles. The number of amides is 1. The van der Waals surface area contributed by atoms with Crippen molar-refractivity contribution >= 4 is 23.4 Å². The second kappa shape index (κ2) is 9.66. The first-order valence-electron chi connectivity index (χ1n) is 10.1. The van der Waals surface area contributed by atoms with Gasteiger partial charge in [-0.25, -0.2) is 0 Å². The molecule has 2 atom stereocenters. The molecule has 0 radical (unpaired) electrons. The van der Waals surface area contributed by atoms with Gasteiger partial charge in [-0.15, -0.1) is 11.8 Å². The SMILES string of the molecule is O=C(NCC1CCN(c2ccccc2)C1)C(Sc1ccccc1)c1ccccc1. The summed E-state index contributed by atoms with van der Waals surface area (Å²) >= 11 is 1.61. The number of nitrogens with one attached hydrogen (secondary N) is 1. The van der Waals surface area contributed by atoms with Gasteiger partial charge < -0.3 is 10.2 Å². The number of benzene rings is 3. The van der Waals surface area contributed by atoms with E-state index in [1.165, 1.54) is 5.69 Å². The first-order valence-corrected chi connectivity index (χ1v) is 11.0. The summed E-state index contributed by atoms with van der Waals surface area (Å²) in [6.07, 6.45) is 1.11. The summed E-state index contributed by atoms with van der Waals surface area (Å²) in [6.45, 7) is 2.76. The van der Waals surface area contributed by atoms with Crippen LogP contribution in [0.25, 0.3) is 0 Å². The van der Waals surface area contributed by atoms with Crippen LogP contribution in [0.15, 0.2) is 95.9 Å². The van der Waals surface area contributed by atoms with Crippen molar-refractivity contribution in [1.29, 1.82) is 0 Å². The van der Waals surface area contributed by atoms with E-state index in [0.29, 0.717) is 5.92 Å². The second-order valence-corrected chi connectivity index (χ2v) is 8.58. The lowest BCUT2D eigenvalue weighted by Crippen LogP contribution is -2.33. The van der Waals surface area contributed by atoms with Gasteiger partial charge in [0.1, 0.15) is 5.25 Å². The lowest BCUT2D eigenvalue weighted by Gasteiger charge is -2.20. The van der Waals surface area contributed by atoms with Crippen LogP contribution in [0.5, 0.6) is 0 Å². The van der Waals surface area contributed by atoms with Gasteiger partial charge >= 0.3 is 0 Å². The Morgan fingerprint density at radius 3 is 2.24 bits per heavy atom. The lowest BCUT2D eigenvalue weighted by atomic mass is 10.1. The van der Waals surface area contributed by atoms with Gasteiger partial charge in [-0.3, -0.25) is 4.79 Å². The van der Waals surface area contributed by atoms with Gasteiger partial charge in [-0.1, -0.05) is 66.7 Å². The van der Waals surface area contributed by atoms with Gasteiger partial charge in [-0.05, 0) is 42.2 Å². The van der Waals surface area contributed by atoms with E-state index in [1.54, 1.807) is 11.8 Å². The summed E-state index contributed by atoms with van der Waals surface area (Å²) < 4.78 is 0. The van der Waals surface area contributed by atoms with E-state index in [4.69, 9.17) is 0 Å². The van der Waals surface area contributed by atoms with Crippen molar-refractivity contribution in [2.75, 3.05) is 24.5 Å². The number of rotatable bonds is 7. The molecule has 4 rings (SSSR count). The maximum Gasteiger partial charge on any atom is 0.238 e. The van der Waals surface area contributed by atoms with Gasteiger partial charge in [0.25, 0.3) is 0 Å². The minimum Gasteiger partial charge on any atom is -0.371 e. The molecule has 0 aromatic heterocycles. The average molecular weight is 403 g/mol. The zero-order valence-corrected chi connectivity index (χ0v) is 17.2. The quantitative estimate of drug-likeness (QED) is 0.554. The Balaban J connectivity index is 1.38. The molecule has 1 heterocycles. The van der Waals surface area contributed by atoms with Crippen LogP contribution in [0, 0.1) is 5.92 Å². The van der Waals surface area contributed by atoms with Crippen molar-refractivity contribution in [3.63, 3.8) is 0 Å². The van der Waals surface area contributed by atoms with Crippen molar-refractivity contribution < 1.29 is 4.79 Å². The predicted octanol–water partition coefficient (Wildman–Crippen LogP) is 5.16. The van der Waals surface area contributed by atoms with Gasteiger partial charge in [0, 0.05) is 30.2 Å². The molecule has 0 saturated carbocycles. The van der Waals surface area contributed by atoms with Crippen LogP contribution in [0.2, 0.25) is 0 Å². The summed E-state index contributed by atoms with van der Waals surface area (Å²) in [5.74, 6) is 0.570. The monoisotopic (exact) mass is 402 g/mol. The first kappa shape index (κ1) is 19.6. The van der Waals surface area contributed by atoms with E-state index in [-0.39, 0.29) is 11.2 Å². The number of thioether (sulfide) groups is 1. The molecule has 0 spiro atoms. The number of anilines is 1. The molecular weight excluding hydrogens is 376 g/mol. The third kappa shape index (κ3) is 5.21. The molecule has 1 amide bonds. The minimum absolute atomic E-state index is 0.0863. The van der Waals surface area contributed by atoms with E-state index in [1.807, 2.05) is 54.6 Å². The molecule has 3 aromatic carbocycles. The number of carbonyl (C=O) groups is 1. The fourth-order valence-corrected chi connectivity index (χ4v) is 4.82. The predicted molar refractivity (Wildman–Crippen MR) is 121 cm³/mol. The van der Waals surface area contributed by atoms with E-state index in [0.717, 1.165) is 36.5 Å². The van der Waals surface area contributed by atoms with Crippen molar-refractivity contribution in [2.24, 2.45) is 5.92 Å². The highest BCUT2D eigenvalue weighted by Gasteiger charge is 2.26. The number of nitrogens with zero attached hydrogens (tertiary/aromatic N) is 1. The molecule has 29 heavy (non-hydrogen) atoms. The maximum atomic E-state index is 13.1. The zero-order chi connectivity index (χ0) is 19.9. The van der Waals surface area contributed by atoms with E-state index >= 15 is 0 Å². The zero-order valence-electron chi connectivity index (χ0n) is 16.4. The summed E-state index contributed by atoms with van der Waals surface area (Å²) in [4.78, 5) is 16.6. The number of hydrogen-bond acceptors (Lipinski definition) is 3. The largest absolute Gasteiger partial charge is 0.371 e. The van der Waals surface area contributed by atoms with E-state index in [9.17, 15) is 4.79 Å². The highest BCUT2D eigenvalue weighted by molar-refractivity contribution is 8.00. The second-order valence-electron chi connectivity index (χ2n) is 7.40. The van der Waals surface area contributed by atoms with Crippen molar-refractivity contribution in [3.05, 3.63) is 96.6 Å². The fourth-order valence-electron chi connectivity index (χ4n) is 3.75. The summed E-state index contributed by atoms with van der Waals surface area (Å²) in [7, 11) is 0. The van der Waals surface area contributed by atoms with Crippen LogP contribution in [0.3, 0.4) is 0 Å². The molecule has 3 nitrogen and oxygen atoms in total. The Bertz CT molecular complexity index is 902. The maximum absolute atomic E-state index is 13.1. The van der Waals surface area contributed by atoms with Crippen LogP contribution in [-0.2, 0) is 4.79 Å². The minimum atomic E-state index is -0.245. The molecule has 3 aromatic rings. The number of hydrogen-bond donors (Lipinski definition) is 1. The van der Waals surface area contributed by atoms with Crippen molar-refractivity contribution in [2.45, 2.75) is 16.6 Å². The van der Waals surface area contributed by atoms with Crippen molar-refractivity contribution in [1.82, 2.24) is 5.32 Å². The lowest BCUT2D eigenvalue weighted by molar-refractivity contribution is -0.120. The summed E-state index contributed by atoms with van der Waals surface area (Å²) in [6, 6.07) is 30.7. The van der Waals surface area contributed by atoms with Gasteiger partial charge in [-0.2, -0.15) is 0 Å². The third-order valence-corrected chi connectivity index (χ3v) is 6.58. The first-order chi connectivity index (χ1) is 14.3. The van der Waals surface area contributed by atoms with Crippen molar-refractivity contribution in [3.8, 4) is 0 Å². The van der Waals surface area contributed by atoms with Gasteiger partial charge in [0.05, 0.1) is 0 Å². The standard InChI is InChI=1S/C25H26N2OS/c28-25(26-18-20-16-17-27(19-20)22-12-6-2-7-13-22)24(21-10-4-1-5-11-21)29-23-14-8-3-9-15-23/h1-15,20,24H,16-19H2,(H,26,28). The Morgan fingerprint density at radius 1 is 0.931 bits per heavy atom. The molecule has 1 fully saturated rings. The van der Waals surface area contributed by atoms with E-state index in [2.05, 4.69) is 46.6 Å². The highest BCUT2D eigenvalue weighted by atomic mass is 32.2. The Hall–Kier alpha value is -2.72. The smallest absolute Gasteiger partial charge is 0.238 e. The Kier molecular flexibility index (Phi) is 6.52. The van der Waals surface area contributed by atoms with Gasteiger partial charge in [0.15, 0.2) is 0 Å². The summed E-state index contributed by atoms with van der Waals surface area (Å²) in [5.41, 5.74) is 2.30. The normalized spacial score (nSPS) is 17.1. The molecule has 148 valence electrons. The van der Waals surface area contributed by atoms with Crippen LogP contribution in [0.4, 0.5) is 5.69 Å².